The molecule has 1 aliphatic heterocycles. The molecule has 0 saturated carbocycles. The van der Waals surface area contributed by atoms with Gasteiger partial charge in [0.1, 0.15) is 6.07 Å². The smallest absolute Gasteiger partial charge is 0.250 e. The van der Waals surface area contributed by atoms with E-state index in [9.17, 15) is 14.9 Å². The van der Waals surface area contributed by atoms with E-state index in [4.69, 9.17) is 11.5 Å². The second-order valence-electron chi connectivity index (χ2n) is 7.69. The summed E-state index contributed by atoms with van der Waals surface area (Å²) in [6.07, 6.45) is 5.99. The lowest BCUT2D eigenvalue weighted by Crippen LogP contribution is -2.40. The number of hydrogen-bond acceptors (Lipinski definition) is 9. The van der Waals surface area contributed by atoms with Gasteiger partial charge in [0.05, 0.1) is 34.5 Å². The molecule has 0 unspecified atom stereocenters. The summed E-state index contributed by atoms with van der Waals surface area (Å²) in [5, 5.41) is 16.9. The van der Waals surface area contributed by atoms with E-state index in [2.05, 4.69) is 31.4 Å². The van der Waals surface area contributed by atoms with Crippen molar-refractivity contribution < 1.29 is 9.59 Å². The largest absolute Gasteiger partial charge is 0.369 e. The van der Waals surface area contributed by atoms with Crippen molar-refractivity contribution in [1.29, 1.82) is 5.26 Å². The van der Waals surface area contributed by atoms with Crippen LogP contribution in [0.1, 0.15) is 28.9 Å². The van der Waals surface area contributed by atoms with Gasteiger partial charge in [-0.25, -0.2) is 15.0 Å². The third-order valence-corrected chi connectivity index (χ3v) is 5.46. The Morgan fingerprint density at radius 2 is 1.97 bits per heavy atom. The average Bonchev–Trinajstić information content (AvgIpc) is 3.22. The molecule has 0 aliphatic carbocycles. The summed E-state index contributed by atoms with van der Waals surface area (Å²) in [7, 11) is 1.79. The number of amides is 2. The van der Waals surface area contributed by atoms with E-state index in [-0.39, 0.29) is 23.1 Å². The van der Waals surface area contributed by atoms with Crippen molar-refractivity contribution in [1.82, 2.24) is 24.7 Å². The minimum atomic E-state index is -0.690. The number of nitriles is 1. The maximum Gasteiger partial charge on any atom is 0.250 e. The first-order chi connectivity index (χ1) is 15.9. The van der Waals surface area contributed by atoms with E-state index in [0.29, 0.717) is 54.6 Å². The van der Waals surface area contributed by atoms with Crippen LogP contribution < -0.4 is 21.7 Å². The number of primary amides is 2. The Hall–Kier alpha value is -4.53. The zero-order valence-electron chi connectivity index (χ0n) is 17.9. The standard InChI is InChI=1S/C21H22N10O2/c1-30-11-13(10-26-30)27-21-25-5-2-15(29-21)16-8-14(20(24)33)18(17(9-22)28-16)31-6-3-12(4-7-31)19(23)32/h2,5,8,10-12H,3-4,6-7H2,1H3,(H2,23,32)(H2,24,33)(H,25,27,29). The fourth-order valence-electron chi connectivity index (χ4n) is 3.82. The van der Waals surface area contributed by atoms with Gasteiger partial charge in [0.25, 0.3) is 5.91 Å². The van der Waals surface area contributed by atoms with Crippen LogP contribution in [0.5, 0.6) is 0 Å². The van der Waals surface area contributed by atoms with Crippen LogP contribution in [0.4, 0.5) is 17.3 Å². The number of rotatable bonds is 6. The predicted octanol–water partition coefficient (Wildman–Crippen LogP) is 0.688. The topological polar surface area (TPSA) is 182 Å². The van der Waals surface area contributed by atoms with Gasteiger partial charge in [-0.15, -0.1) is 0 Å². The van der Waals surface area contributed by atoms with Crippen LogP contribution in [0.15, 0.2) is 30.7 Å². The highest BCUT2D eigenvalue weighted by Crippen LogP contribution is 2.31. The highest BCUT2D eigenvalue weighted by Gasteiger charge is 2.28. The van der Waals surface area contributed by atoms with Crippen molar-refractivity contribution in [3.05, 3.63) is 42.0 Å². The molecule has 12 nitrogen and oxygen atoms in total. The Morgan fingerprint density at radius 3 is 2.58 bits per heavy atom. The molecule has 5 N–H and O–H groups in total. The normalized spacial score (nSPS) is 14.0. The van der Waals surface area contributed by atoms with Gasteiger partial charge in [0, 0.05) is 38.4 Å². The highest BCUT2D eigenvalue weighted by atomic mass is 16.1. The zero-order valence-corrected chi connectivity index (χ0v) is 17.9. The Bertz CT molecular complexity index is 1250. The van der Waals surface area contributed by atoms with Crippen LogP contribution >= 0.6 is 0 Å². The average molecular weight is 446 g/mol. The molecule has 0 atom stereocenters. The third-order valence-electron chi connectivity index (χ3n) is 5.46. The SMILES string of the molecule is Cn1cc(Nc2nccc(-c3cc(C(N)=O)c(N4CCC(C(N)=O)CC4)c(C#N)n3)n2)cn1. The van der Waals surface area contributed by atoms with E-state index in [0.717, 1.165) is 0 Å². The van der Waals surface area contributed by atoms with Gasteiger partial charge in [-0.05, 0) is 25.0 Å². The minimum Gasteiger partial charge on any atom is -0.369 e. The van der Waals surface area contributed by atoms with Gasteiger partial charge in [0.2, 0.25) is 11.9 Å². The number of hydrogen-bond donors (Lipinski definition) is 3. The Kier molecular flexibility index (Phi) is 5.86. The molecule has 4 heterocycles. The molecule has 4 rings (SSSR count). The second-order valence-corrected chi connectivity index (χ2v) is 7.69. The lowest BCUT2D eigenvalue weighted by atomic mass is 9.95. The number of pyridine rings is 1. The molecule has 0 spiro atoms. The second kappa shape index (κ2) is 8.91. The van der Waals surface area contributed by atoms with Crippen molar-refractivity contribution in [2.24, 2.45) is 24.4 Å². The molecule has 3 aromatic rings. The molecule has 1 fully saturated rings. The molecule has 1 saturated heterocycles. The first-order valence-corrected chi connectivity index (χ1v) is 10.2. The predicted molar refractivity (Wildman–Crippen MR) is 119 cm³/mol. The van der Waals surface area contributed by atoms with E-state index in [1.807, 2.05) is 4.90 Å². The first kappa shape index (κ1) is 21.7. The van der Waals surface area contributed by atoms with Gasteiger partial charge in [-0.2, -0.15) is 10.4 Å². The summed E-state index contributed by atoms with van der Waals surface area (Å²) in [5.74, 6) is -0.968. The van der Waals surface area contributed by atoms with Gasteiger partial charge in [0.15, 0.2) is 5.69 Å². The monoisotopic (exact) mass is 446 g/mol. The molecular formula is C21H22N10O2. The molecule has 0 bridgehead atoms. The molecule has 0 aromatic carbocycles. The van der Waals surface area contributed by atoms with Crippen molar-refractivity contribution in [2.75, 3.05) is 23.3 Å². The third kappa shape index (κ3) is 4.57. The summed E-state index contributed by atoms with van der Waals surface area (Å²) < 4.78 is 1.64. The fourth-order valence-corrected chi connectivity index (χ4v) is 3.82. The maximum atomic E-state index is 12.3. The van der Waals surface area contributed by atoms with Crippen molar-refractivity contribution in [3.63, 3.8) is 0 Å². The van der Waals surface area contributed by atoms with Crippen LogP contribution in [-0.4, -0.2) is 49.6 Å². The Balaban J connectivity index is 1.69. The lowest BCUT2D eigenvalue weighted by molar-refractivity contribution is -0.122. The quantitative estimate of drug-likeness (QED) is 0.490. The van der Waals surface area contributed by atoms with Crippen molar-refractivity contribution >= 4 is 29.1 Å². The van der Waals surface area contributed by atoms with Gasteiger partial charge in [-0.3, -0.25) is 14.3 Å². The molecular weight excluding hydrogens is 424 g/mol. The molecule has 3 aromatic heterocycles. The molecule has 1 aliphatic rings. The number of aromatic nitrogens is 5. The lowest BCUT2D eigenvalue weighted by Gasteiger charge is -2.33. The summed E-state index contributed by atoms with van der Waals surface area (Å²) in [5.41, 5.74) is 13.1. The molecule has 33 heavy (non-hydrogen) atoms. The number of piperidine rings is 1. The number of nitrogens with one attached hydrogen (secondary N) is 1. The van der Waals surface area contributed by atoms with Crippen molar-refractivity contribution in [3.8, 4) is 17.5 Å². The molecule has 12 heteroatoms. The number of aryl methyl sites for hydroxylation is 1. The van der Waals surface area contributed by atoms with Crippen LogP contribution in [0.2, 0.25) is 0 Å². The van der Waals surface area contributed by atoms with Crippen molar-refractivity contribution in [2.45, 2.75) is 12.8 Å². The minimum absolute atomic E-state index is 0.0548. The first-order valence-electron chi connectivity index (χ1n) is 10.2. The van der Waals surface area contributed by atoms with Gasteiger partial charge in [-0.1, -0.05) is 0 Å². The van der Waals surface area contributed by atoms with Gasteiger partial charge >= 0.3 is 0 Å². The van der Waals surface area contributed by atoms with Crippen LogP contribution in [0, 0.1) is 17.2 Å². The van der Waals surface area contributed by atoms with E-state index >= 15 is 0 Å². The Morgan fingerprint density at radius 1 is 1.21 bits per heavy atom. The fraction of sp³-hybridized carbons (Fsp3) is 0.286. The number of carbonyl (C=O) groups excluding carboxylic acids is 2. The van der Waals surface area contributed by atoms with E-state index in [1.165, 1.54) is 6.07 Å². The summed E-state index contributed by atoms with van der Waals surface area (Å²) >= 11 is 0. The number of carbonyl (C=O) groups is 2. The molecule has 0 radical (unpaired) electrons. The van der Waals surface area contributed by atoms with Crippen LogP contribution in [0.25, 0.3) is 11.4 Å². The number of anilines is 3. The zero-order chi connectivity index (χ0) is 23.5. The molecule has 2 amide bonds. The highest BCUT2D eigenvalue weighted by molar-refractivity contribution is 6.00. The summed E-state index contributed by atoms with van der Waals surface area (Å²) in [4.78, 5) is 38.8. The number of nitrogens with zero attached hydrogens (tertiary/aromatic N) is 7. The molecule has 168 valence electrons. The van der Waals surface area contributed by atoms with E-state index in [1.54, 1.807) is 36.4 Å². The Labute approximate surface area is 189 Å². The summed E-state index contributed by atoms with van der Waals surface area (Å²) in [6.45, 7) is 0.909. The number of nitrogens with two attached hydrogens (primary N) is 2. The van der Waals surface area contributed by atoms with Crippen LogP contribution in [-0.2, 0) is 11.8 Å². The van der Waals surface area contributed by atoms with Crippen LogP contribution in [0.3, 0.4) is 0 Å². The maximum absolute atomic E-state index is 12.3. The summed E-state index contributed by atoms with van der Waals surface area (Å²) in [6, 6.07) is 5.22. The van der Waals surface area contributed by atoms with E-state index < -0.39 is 5.91 Å². The van der Waals surface area contributed by atoms with Gasteiger partial charge < -0.3 is 21.7 Å².